The Labute approximate surface area is 247 Å². The highest BCUT2D eigenvalue weighted by Crippen LogP contribution is 2.29. The van der Waals surface area contributed by atoms with Crippen molar-refractivity contribution in [2.45, 2.75) is 51.2 Å². The van der Waals surface area contributed by atoms with Crippen molar-refractivity contribution in [1.29, 1.82) is 0 Å². The molecule has 0 saturated carbocycles. The van der Waals surface area contributed by atoms with Crippen molar-refractivity contribution < 1.29 is 19.1 Å². The van der Waals surface area contributed by atoms with E-state index in [1.807, 2.05) is 6.92 Å². The van der Waals surface area contributed by atoms with Crippen molar-refractivity contribution in [2.24, 2.45) is 0 Å². The summed E-state index contributed by atoms with van der Waals surface area (Å²) in [4.78, 5) is 57.0. The topological polar surface area (TPSA) is 150 Å². The molecular formula is C29H35N7O5S. The number of fused-ring (bicyclic) bond motifs is 1. The van der Waals surface area contributed by atoms with E-state index in [0.717, 1.165) is 41.9 Å². The van der Waals surface area contributed by atoms with Crippen LogP contribution in [0.1, 0.15) is 56.6 Å². The third-order valence-corrected chi connectivity index (χ3v) is 8.47. The zero-order valence-corrected chi connectivity index (χ0v) is 24.8. The van der Waals surface area contributed by atoms with Gasteiger partial charge in [0.1, 0.15) is 17.4 Å². The number of likely N-dealkylation sites (tertiary alicyclic amines) is 1. The van der Waals surface area contributed by atoms with E-state index in [1.165, 1.54) is 22.6 Å². The molecule has 3 aromatic rings. The molecule has 1 aromatic carbocycles. The fourth-order valence-electron chi connectivity index (χ4n) is 5.41. The smallest absolute Gasteiger partial charge is 0.322 e. The molecule has 0 unspecified atom stereocenters. The Kier molecular flexibility index (Phi) is 8.86. The number of amides is 4. The molecule has 222 valence electrons. The third-order valence-electron chi connectivity index (χ3n) is 7.59. The van der Waals surface area contributed by atoms with Gasteiger partial charge in [-0.2, -0.15) is 5.10 Å². The molecule has 12 nitrogen and oxygen atoms in total. The summed E-state index contributed by atoms with van der Waals surface area (Å²) in [5, 5.41) is 12.6. The second kappa shape index (κ2) is 12.7. The molecule has 1 saturated heterocycles. The van der Waals surface area contributed by atoms with Crippen LogP contribution in [-0.4, -0.2) is 82.6 Å². The monoisotopic (exact) mass is 593 g/mol. The first-order chi connectivity index (χ1) is 20.2. The number of pyridine rings is 1. The number of aryl methyl sites for hydroxylation is 2. The number of carbonyl (C=O) groups excluding carboxylic acids is 3. The Morgan fingerprint density at radius 3 is 2.62 bits per heavy atom. The minimum atomic E-state index is -0.470. The predicted molar refractivity (Wildman–Crippen MR) is 157 cm³/mol. The largest absolute Gasteiger partial charge is 0.489 e. The first-order valence-electron chi connectivity index (χ1n) is 14.0. The van der Waals surface area contributed by atoms with Gasteiger partial charge in [0, 0.05) is 44.1 Å². The van der Waals surface area contributed by atoms with Crippen molar-refractivity contribution in [3.05, 3.63) is 73.1 Å². The van der Waals surface area contributed by atoms with Crippen LogP contribution in [0.15, 0.2) is 35.1 Å². The maximum Gasteiger partial charge on any atom is 0.322 e. The van der Waals surface area contributed by atoms with E-state index in [0.29, 0.717) is 22.9 Å². The molecule has 3 heterocycles. The van der Waals surface area contributed by atoms with Crippen molar-refractivity contribution in [3.8, 4) is 5.75 Å². The normalized spacial score (nSPS) is 17.8. The Bertz CT molecular complexity index is 1520. The van der Waals surface area contributed by atoms with Crippen LogP contribution in [0.2, 0.25) is 0 Å². The first kappa shape index (κ1) is 29.2. The number of rotatable bonds is 8. The second-order valence-electron chi connectivity index (χ2n) is 10.9. The van der Waals surface area contributed by atoms with Crippen molar-refractivity contribution >= 4 is 29.2 Å². The lowest BCUT2D eigenvalue weighted by atomic mass is 9.92. The van der Waals surface area contributed by atoms with Crippen molar-refractivity contribution in [3.63, 3.8) is 0 Å². The summed E-state index contributed by atoms with van der Waals surface area (Å²) in [6.45, 7) is 2.74. The molecule has 42 heavy (non-hydrogen) atoms. The van der Waals surface area contributed by atoms with Gasteiger partial charge in [0.15, 0.2) is 0 Å². The molecule has 0 spiro atoms. The SMILES string of the molecule is Cc1cc(COc2ccc(C(=O)N[C@@H]3CN(C(=O)CNC(=O)N(C)C)C[C@@H]3c3n[nH]c(=O)s3)cc2)c2c(n1)CCCC2. The number of aromatic amines is 1. The molecule has 1 aliphatic carbocycles. The van der Waals surface area contributed by atoms with Gasteiger partial charge in [-0.25, -0.2) is 9.89 Å². The molecule has 4 amide bonds. The van der Waals surface area contributed by atoms with Gasteiger partial charge in [-0.3, -0.25) is 19.4 Å². The average molecular weight is 594 g/mol. The van der Waals surface area contributed by atoms with E-state index in [1.54, 1.807) is 43.3 Å². The molecule has 13 heteroatoms. The number of ether oxygens (including phenoxy) is 1. The zero-order chi connectivity index (χ0) is 29.8. The van der Waals surface area contributed by atoms with Crippen LogP contribution in [0.4, 0.5) is 4.79 Å². The van der Waals surface area contributed by atoms with E-state index in [-0.39, 0.29) is 48.3 Å². The standard InChI is InChI=1S/C29H35N7O5S/c1-17-12-19(21-6-4-5-7-23(21)31-17)16-41-20-10-8-18(9-11-20)26(38)32-24-15-36(25(37)13-30-28(39)35(2)3)14-22(24)27-33-34-29(40)42-27/h8-12,22,24H,4-7,13-16H2,1-3H3,(H,30,39)(H,32,38)(H,34,40)/t22-,24+/m0/s1. The van der Waals surface area contributed by atoms with E-state index in [4.69, 9.17) is 9.72 Å². The summed E-state index contributed by atoms with van der Waals surface area (Å²) >= 11 is 0.954. The Morgan fingerprint density at radius 2 is 1.90 bits per heavy atom. The molecule has 3 N–H and O–H groups in total. The highest BCUT2D eigenvalue weighted by atomic mass is 32.1. The maximum atomic E-state index is 13.2. The maximum absolute atomic E-state index is 13.2. The Hall–Kier alpha value is -4.26. The van der Waals surface area contributed by atoms with Crippen molar-refractivity contribution in [2.75, 3.05) is 33.7 Å². The molecule has 2 atom stereocenters. The highest BCUT2D eigenvalue weighted by molar-refractivity contribution is 7.08. The first-order valence-corrected chi connectivity index (χ1v) is 14.8. The fraction of sp³-hybridized carbons (Fsp3) is 0.448. The average Bonchev–Trinajstić information content (AvgIpc) is 3.60. The number of carbonyl (C=O) groups is 3. The van der Waals surface area contributed by atoms with Gasteiger partial charge >= 0.3 is 10.9 Å². The quantitative estimate of drug-likeness (QED) is 0.362. The second-order valence-corrected chi connectivity index (χ2v) is 11.9. The van der Waals surface area contributed by atoms with Crippen LogP contribution >= 0.6 is 11.3 Å². The van der Waals surface area contributed by atoms with Crippen LogP contribution in [0, 0.1) is 6.92 Å². The van der Waals surface area contributed by atoms with Gasteiger partial charge in [0.25, 0.3) is 5.91 Å². The summed E-state index contributed by atoms with van der Waals surface area (Å²) in [5.74, 6) is -0.318. The lowest BCUT2D eigenvalue weighted by Gasteiger charge is -2.20. The number of urea groups is 1. The van der Waals surface area contributed by atoms with E-state index < -0.39 is 6.04 Å². The molecule has 0 bridgehead atoms. The van der Waals surface area contributed by atoms with Crippen molar-refractivity contribution in [1.82, 2.24) is 35.6 Å². The summed E-state index contributed by atoms with van der Waals surface area (Å²) < 4.78 is 6.08. The molecule has 2 aromatic heterocycles. The van der Waals surface area contributed by atoms with Gasteiger partial charge < -0.3 is 25.2 Å². The number of aromatic nitrogens is 3. The van der Waals surface area contributed by atoms with Crippen LogP contribution in [-0.2, 0) is 24.2 Å². The summed E-state index contributed by atoms with van der Waals surface area (Å²) in [6, 6.07) is 8.18. The van der Waals surface area contributed by atoms with Gasteiger partial charge in [0.2, 0.25) is 5.91 Å². The van der Waals surface area contributed by atoms with Crippen LogP contribution in [0.25, 0.3) is 0 Å². The molecule has 0 radical (unpaired) electrons. The number of H-pyrrole nitrogens is 1. The van der Waals surface area contributed by atoms with Crippen LogP contribution in [0.3, 0.4) is 0 Å². The highest BCUT2D eigenvalue weighted by Gasteiger charge is 2.39. The molecule has 1 fully saturated rings. The number of benzene rings is 1. The van der Waals surface area contributed by atoms with E-state index in [9.17, 15) is 19.2 Å². The van der Waals surface area contributed by atoms with Gasteiger partial charge in [0.05, 0.1) is 18.5 Å². The van der Waals surface area contributed by atoms with E-state index in [2.05, 4.69) is 26.9 Å². The third kappa shape index (κ3) is 6.78. The molecular weight excluding hydrogens is 558 g/mol. The van der Waals surface area contributed by atoms with Gasteiger partial charge in [-0.1, -0.05) is 11.3 Å². The summed E-state index contributed by atoms with van der Waals surface area (Å²) in [7, 11) is 3.17. The number of hydrogen-bond donors (Lipinski definition) is 3. The van der Waals surface area contributed by atoms with Gasteiger partial charge in [-0.05, 0) is 74.1 Å². The lowest BCUT2D eigenvalue weighted by molar-refractivity contribution is -0.129. The van der Waals surface area contributed by atoms with Crippen LogP contribution in [0.5, 0.6) is 5.75 Å². The van der Waals surface area contributed by atoms with E-state index >= 15 is 0 Å². The minimum Gasteiger partial charge on any atom is -0.489 e. The molecule has 1 aliphatic heterocycles. The molecule has 2 aliphatic rings. The lowest BCUT2D eigenvalue weighted by Crippen LogP contribution is -2.44. The fourth-order valence-corrected chi connectivity index (χ4v) is 6.17. The number of nitrogens with zero attached hydrogens (tertiary/aromatic N) is 4. The van der Waals surface area contributed by atoms with Crippen LogP contribution < -0.4 is 20.2 Å². The summed E-state index contributed by atoms with van der Waals surface area (Å²) in [6.07, 6.45) is 4.35. The number of nitrogens with one attached hydrogen (secondary N) is 3. The zero-order valence-electron chi connectivity index (χ0n) is 23.9. The Balaban J connectivity index is 1.22. The summed E-state index contributed by atoms with van der Waals surface area (Å²) in [5.41, 5.74) is 5.07. The minimum absolute atomic E-state index is 0.176. The molecule has 5 rings (SSSR count). The predicted octanol–water partition coefficient (Wildman–Crippen LogP) is 1.99. The van der Waals surface area contributed by atoms with Gasteiger partial charge in [-0.15, -0.1) is 0 Å². The number of hydrogen-bond acceptors (Lipinski definition) is 8. The Morgan fingerprint density at radius 1 is 1.14 bits per heavy atom.